The summed E-state index contributed by atoms with van der Waals surface area (Å²) in [5.41, 5.74) is 1.77. The monoisotopic (exact) mass is 419 g/mol. The molecule has 2 aliphatic heterocycles. The maximum absolute atomic E-state index is 12.8. The summed E-state index contributed by atoms with van der Waals surface area (Å²) < 4.78 is 48.4. The molecule has 1 aromatic carbocycles. The van der Waals surface area contributed by atoms with Crippen LogP contribution >= 0.6 is 0 Å². The lowest BCUT2D eigenvalue weighted by Gasteiger charge is -2.41. The van der Waals surface area contributed by atoms with Crippen LogP contribution in [0.4, 0.5) is 13.2 Å². The minimum atomic E-state index is -4.77. The van der Waals surface area contributed by atoms with Crippen LogP contribution in [-0.4, -0.2) is 64.9 Å². The second kappa shape index (κ2) is 8.41. The first kappa shape index (κ1) is 20.3. The molecule has 1 fully saturated rings. The lowest BCUT2D eigenvalue weighted by Crippen LogP contribution is -2.50. The minimum absolute atomic E-state index is 0.251. The molecule has 0 bridgehead atoms. The number of hydrogen-bond acceptors (Lipinski definition) is 7. The number of rotatable bonds is 4. The Morgan fingerprint density at radius 3 is 2.80 bits per heavy atom. The van der Waals surface area contributed by atoms with Crippen LogP contribution in [0.5, 0.6) is 5.75 Å². The van der Waals surface area contributed by atoms with E-state index in [0.29, 0.717) is 36.7 Å². The van der Waals surface area contributed by atoms with Gasteiger partial charge in [0, 0.05) is 38.1 Å². The predicted molar refractivity (Wildman–Crippen MR) is 103 cm³/mol. The molecular weight excluding hydrogens is 399 g/mol. The summed E-state index contributed by atoms with van der Waals surface area (Å²) in [7, 11) is 1.90. The number of allylic oxidation sites excluding steroid dienone is 1. The molecule has 158 valence electrons. The van der Waals surface area contributed by atoms with Gasteiger partial charge in [0.2, 0.25) is 0 Å². The van der Waals surface area contributed by atoms with E-state index < -0.39 is 12.5 Å². The third kappa shape index (κ3) is 4.60. The Labute approximate surface area is 171 Å². The van der Waals surface area contributed by atoms with Gasteiger partial charge in [-0.05, 0) is 18.2 Å². The number of para-hydroxylation sites is 1. The topological polar surface area (TPSA) is 63.1 Å². The van der Waals surface area contributed by atoms with Crippen molar-refractivity contribution in [1.82, 2.24) is 19.8 Å². The Bertz CT molecular complexity index is 936. The van der Waals surface area contributed by atoms with E-state index in [1.54, 1.807) is 24.4 Å². The van der Waals surface area contributed by atoms with Crippen molar-refractivity contribution in [3.8, 4) is 5.75 Å². The van der Waals surface area contributed by atoms with E-state index in [1.165, 1.54) is 18.5 Å². The highest BCUT2D eigenvalue weighted by Crippen LogP contribution is 2.34. The Morgan fingerprint density at radius 2 is 2.03 bits per heavy atom. The molecule has 0 N–H and O–H groups in total. The van der Waals surface area contributed by atoms with E-state index in [9.17, 15) is 13.2 Å². The maximum Gasteiger partial charge on any atom is 0.573 e. The van der Waals surface area contributed by atoms with Gasteiger partial charge < -0.3 is 14.4 Å². The van der Waals surface area contributed by atoms with Gasteiger partial charge in [-0.3, -0.25) is 4.90 Å². The van der Waals surface area contributed by atoms with E-state index in [0.717, 1.165) is 0 Å². The molecular formula is C20H20F3N5O2. The van der Waals surface area contributed by atoms with Crippen LogP contribution in [-0.2, 0) is 4.74 Å². The molecule has 2 unspecified atom stereocenters. The number of aromatic nitrogens is 2. The summed E-state index contributed by atoms with van der Waals surface area (Å²) in [6.07, 6.45) is 1.20. The Kier molecular flexibility index (Phi) is 5.69. The molecule has 0 saturated carbocycles. The van der Waals surface area contributed by atoms with Crippen LogP contribution in [0, 0.1) is 0 Å². The number of hydrogen-bond donors (Lipinski definition) is 0. The number of aliphatic imine (C=N–C) groups is 1. The first-order chi connectivity index (χ1) is 14.4. The van der Waals surface area contributed by atoms with E-state index in [-0.39, 0.29) is 12.0 Å². The molecule has 1 saturated heterocycles. The van der Waals surface area contributed by atoms with Crippen LogP contribution in [0.1, 0.15) is 17.4 Å². The zero-order chi connectivity index (χ0) is 21.1. The Morgan fingerprint density at radius 1 is 1.20 bits per heavy atom. The summed E-state index contributed by atoms with van der Waals surface area (Å²) in [5, 5.41) is 0. The molecule has 1 aromatic heterocycles. The van der Waals surface area contributed by atoms with Gasteiger partial charge in [-0.1, -0.05) is 18.2 Å². The predicted octanol–water partition coefficient (Wildman–Crippen LogP) is 2.98. The zero-order valence-electron chi connectivity index (χ0n) is 16.2. The van der Waals surface area contributed by atoms with Crippen LogP contribution in [0.2, 0.25) is 0 Å². The lowest BCUT2D eigenvalue weighted by atomic mass is 10.1. The number of ether oxygens (including phenoxy) is 2. The van der Waals surface area contributed by atoms with Crippen LogP contribution in [0.3, 0.4) is 0 Å². The van der Waals surface area contributed by atoms with Gasteiger partial charge >= 0.3 is 6.36 Å². The van der Waals surface area contributed by atoms with Crippen LogP contribution < -0.4 is 4.74 Å². The van der Waals surface area contributed by atoms with Gasteiger partial charge in [-0.2, -0.15) is 0 Å². The molecule has 0 amide bonds. The quantitative estimate of drug-likeness (QED) is 0.760. The molecule has 2 atom stereocenters. The number of halogens is 3. The highest BCUT2D eigenvalue weighted by molar-refractivity contribution is 6.07. The van der Waals surface area contributed by atoms with Crippen molar-refractivity contribution in [3.63, 3.8) is 0 Å². The van der Waals surface area contributed by atoms with E-state index in [4.69, 9.17) is 9.73 Å². The van der Waals surface area contributed by atoms with Gasteiger partial charge in [0.25, 0.3) is 0 Å². The molecule has 0 spiro atoms. The fourth-order valence-electron chi connectivity index (χ4n) is 3.49. The van der Waals surface area contributed by atoms with Gasteiger partial charge in [0.1, 0.15) is 12.1 Å². The summed E-state index contributed by atoms with van der Waals surface area (Å²) in [5.74, 6) is -0.251. The zero-order valence-corrected chi connectivity index (χ0v) is 16.2. The fourth-order valence-corrected chi connectivity index (χ4v) is 3.49. The first-order valence-corrected chi connectivity index (χ1v) is 9.35. The number of alkyl halides is 3. The largest absolute Gasteiger partial charge is 0.573 e. The Hall–Kier alpha value is -2.98. The van der Waals surface area contributed by atoms with Crippen molar-refractivity contribution >= 4 is 5.71 Å². The summed E-state index contributed by atoms with van der Waals surface area (Å²) in [6, 6.07) is 7.84. The van der Waals surface area contributed by atoms with Crippen LogP contribution in [0.15, 0.2) is 60.1 Å². The molecule has 10 heteroatoms. The van der Waals surface area contributed by atoms with E-state index in [2.05, 4.69) is 19.6 Å². The van der Waals surface area contributed by atoms with Gasteiger partial charge in [0.05, 0.1) is 24.1 Å². The first-order valence-electron chi connectivity index (χ1n) is 9.35. The second-order valence-corrected chi connectivity index (χ2v) is 6.88. The molecule has 2 aliphatic rings. The van der Waals surface area contributed by atoms with Crippen molar-refractivity contribution in [2.24, 2.45) is 4.99 Å². The number of morpholine rings is 1. The standard InChI is InChI=1S/C20H20F3N5O2/c1-27-9-7-16(15-6-8-24-13-25-15)26-19(27)28-10-11-29-18(12-28)14-4-2-3-5-17(14)30-20(21,22)23/h2-9,13,18-19H,10-12H2,1H3. The van der Waals surface area contributed by atoms with Gasteiger partial charge in [-0.15, -0.1) is 13.2 Å². The Balaban J connectivity index is 1.56. The van der Waals surface area contributed by atoms with Gasteiger partial charge in [-0.25, -0.2) is 15.0 Å². The molecule has 4 rings (SSSR count). The van der Waals surface area contributed by atoms with Crippen LogP contribution in [0.25, 0.3) is 0 Å². The molecule has 30 heavy (non-hydrogen) atoms. The molecule has 3 heterocycles. The van der Waals surface area contributed by atoms with Crippen molar-refractivity contribution in [2.75, 3.05) is 26.7 Å². The summed E-state index contributed by atoms with van der Waals surface area (Å²) >= 11 is 0. The average molecular weight is 419 g/mol. The molecule has 7 nitrogen and oxygen atoms in total. The number of benzene rings is 1. The van der Waals surface area contributed by atoms with Gasteiger partial charge in [0.15, 0.2) is 6.29 Å². The third-order valence-corrected chi connectivity index (χ3v) is 4.85. The number of nitrogens with zero attached hydrogens (tertiary/aromatic N) is 5. The summed E-state index contributed by atoms with van der Waals surface area (Å²) in [4.78, 5) is 16.9. The minimum Gasteiger partial charge on any atom is -0.405 e. The van der Waals surface area contributed by atoms with Crippen molar-refractivity contribution in [3.05, 3.63) is 66.4 Å². The molecule has 0 radical (unpaired) electrons. The molecule has 2 aromatic rings. The van der Waals surface area contributed by atoms with E-state index in [1.807, 2.05) is 24.2 Å². The summed E-state index contributed by atoms with van der Waals surface area (Å²) in [6.45, 7) is 1.31. The van der Waals surface area contributed by atoms with Crippen molar-refractivity contribution in [1.29, 1.82) is 0 Å². The third-order valence-electron chi connectivity index (χ3n) is 4.85. The SMILES string of the molecule is CN1C=CC(c2ccncn2)=NC1N1CCOC(c2ccccc2OC(F)(F)F)C1. The average Bonchev–Trinajstić information content (AvgIpc) is 2.74. The normalized spacial score (nSPS) is 22.7. The van der Waals surface area contributed by atoms with E-state index >= 15 is 0 Å². The maximum atomic E-state index is 12.8. The molecule has 0 aliphatic carbocycles. The fraction of sp³-hybridized carbons (Fsp3) is 0.350. The highest BCUT2D eigenvalue weighted by atomic mass is 19.4. The lowest BCUT2D eigenvalue weighted by molar-refractivity contribution is -0.275. The van der Waals surface area contributed by atoms with Crippen molar-refractivity contribution in [2.45, 2.75) is 18.8 Å². The highest BCUT2D eigenvalue weighted by Gasteiger charge is 2.35. The second-order valence-electron chi connectivity index (χ2n) is 6.88. The smallest absolute Gasteiger partial charge is 0.405 e. The van der Waals surface area contributed by atoms with Crippen molar-refractivity contribution < 1.29 is 22.6 Å².